The van der Waals surface area contributed by atoms with Crippen molar-refractivity contribution in [2.24, 2.45) is 0 Å². The van der Waals surface area contributed by atoms with Gasteiger partial charge in [-0.25, -0.2) is 19.6 Å². The highest BCUT2D eigenvalue weighted by molar-refractivity contribution is 7.18. The fraction of sp³-hybridized carbons (Fsp3) is 0.258. The van der Waals surface area contributed by atoms with E-state index in [-0.39, 0.29) is 30.8 Å². The molecule has 0 N–H and O–H groups in total. The van der Waals surface area contributed by atoms with Gasteiger partial charge in [0.2, 0.25) is 11.7 Å². The minimum Gasteiger partial charge on any atom is -0.457 e. The predicted octanol–water partition coefficient (Wildman–Crippen LogP) is 5.02. The number of rotatable bonds is 6. The van der Waals surface area contributed by atoms with Gasteiger partial charge < -0.3 is 18.8 Å². The number of carbonyl (C=O) groups is 2. The first kappa shape index (κ1) is 25.6. The van der Waals surface area contributed by atoms with Crippen molar-refractivity contribution in [3.8, 4) is 11.4 Å². The zero-order chi connectivity index (χ0) is 28.3. The van der Waals surface area contributed by atoms with Gasteiger partial charge in [-0.2, -0.15) is 0 Å². The molecule has 2 atom stereocenters. The third kappa shape index (κ3) is 3.89. The molecule has 0 saturated carbocycles. The molecular formula is C31H25N3O6S. The number of thiazole rings is 1. The van der Waals surface area contributed by atoms with Gasteiger partial charge in [0.1, 0.15) is 11.6 Å². The second-order valence-corrected chi connectivity index (χ2v) is 11.1. The Morgan fingerprint density at radius 3 is 2.63 bits per heavy atom. The van der Waals surface area contributed by atoms with Crippen molar-refractivity contribution < 1.29 is 23.8 Å². The predicted molar refractivity (Wildman–Crippen MR) is 152 cm³/mol. The number of para-hydroxylation sites is 2. The van der Waals surface area contributed by atoms with Crippen LogP contribution in [0, 0.1) is 0 Å². The van der Waals surface area contributed by atoms with Crippen LogP contribution >= 0.6 is 11.3 Å². The summed E-state index contributed by atoms with van der Waals surface area (Å²) in [5, 5.41) is 1.40. The molecule has 5 heterocycles. The number of carbonyl (C=O) groups excluding carboxylic acids is 2. The van der Waals surface area contributed by atoms with E-state index in [1.807, 2.05) is 54.6 Å². The molecule has 206 valence electrons. The largest absolute Gasteiger partial charge is 0.457 e. The molecule has 10 heteroatoms. The Kier molecular flexibility index (Phi) is 5.98. The summed E-state index contributed by atoms with van der Waals surface area (Å²) >= 11 is 1.33. The van der Waals surface area contributed by atoms with Crippen LogP contribution in [0.2, 0.25) is 0 Å². The molecule has 2 aliphatic rings. The molecule has 2 aromatic carbocycles. The van der Waals surface area contributed by atoms with E-state index in [0.29, 0.717) is 28.5 Å². The van der Waals surface area contributed by atoms with Gasteiger partial charge >= 0.3 is 11.9 Å². The molecule has 0 bridgehead atoms. The van der Waals surface area contributed by atoms with Crippen LogP contribution < -0.4 is 5.56 Å². The van der Waals surface area contributed by atoms with Crippen LogP contribution in [0.15, 0.2) is 65.5 Å². The Hall–Kier alpha value is -4.41. The van der Waals surface area contributed by atoms with Crippen molar-refractivity contribution in [1.82, 2.24) is 14.5 Å². The molecule has 0 spiro atoms. The van der Waals surface area contributed by atoms with Crippen molar-refractivity contribution in [1.29, 1.82) is 0 Å². The summed E-state index contributed by atoms with van der Waals surface area (Å²) < 4.78 is 19.9. The molecule has 0 fully saturated rings. The highest BCUT2D eigenvalue weighted by atomic mass is 32.1. The molecule has 0 amide bonds. The first-order chi connectivity index (χ1) is 19.9. The smallest absolute Gasteiger partial charge is 0.355 e. The van der Waals surface area contributed by atoms with E-state index in [9.17, 15) is 14.4 Å². The zero-order valence-corrected chi connectivity index (χ0v) is 23.2. The second-order valence-electron chi connectivity index (χ2n) is 10.0. The maximum atomic E-state index is 13.8. The van der Waals surface area contributed by atoms with Gasteiger partial charge in [-0.05, 0) is 43.7 Å². The van der Waals surface area contributed by atoms with E-state index in [2.05, 4.69) is 4.98 Å². The van der Waals surface area contributed by atoms with Crippen LogP contribution in [0.3, 0.4) is 0 Å². The number of esters is 2. The lowest BCUT2D eigenvalue weighted by Gasteiger charge is -2.36. The van der Waals surface area contributed by atoms with Gasteiger partial charge in [0.25, 0.3) is 5.56 Å². The lowest BCUT2D eigenvalue weighted by atomic mass is 9.85. The monoisotopic (exact) mass is 567 g/mol. The molecule has 2 aliphatic heterocycles. The zero-order valence-electron chi connectivity index (χ0n) is 22.4. The van der Waals surface area contributed by atoms with Crippen LogP contribution in [-0.4, -0.2) is 33.1 Å². The number of benzene rings is 2. The Labute approximate surface area is 238 Å². The third-order valence-electron chi connectivity index (χ3n) is 7.74. The molecule has 9 nitrogen and oxygen atoms in total. The van der Waals surface area contributed by atoms with E-state index >= 15 is 0 Å². The van der Waals surface area contributed by atoms with E-state index in [4.69, 9.17) is 19.2 Å². The quantitative estimate of drug-likeness (QED) is 0.258. The molecular weight excluding hydrogens is 542 g/mol. The Morgan fingerprint density at radius 1 is 1.07 bits per heavy atom. The summed E-state index contributed by atoms with van der Waals surface area (Å²) in [5.74, 6) is -1.50. The maximum Gasteiger partial charge on any atom is 0.355 e. The fourth-order valence-electron chi connectivity index (χ4n) is 5.72. The lowest BCUT2D eigenvalue weighted by Crippen LogP contribution is -2.48. The normalized spacial score (nSPS) is 18.0. The molecule has 2 unspecified atom stereocenters. The summed E-state index contributed by atoms with van der Waals surface area (Å²) in [4.78, 5) is 50.5. The number of fused-ring (bicyclic) bond motifs is 6. The summed E-state index contributed by atoms with van der Waals surface area (Å²) in [6.45, 7) is 3.87. The third-order valence-corrected chi connectivity index (χ3v) is 8.82. The molecule has 5 aromatic rings. The minimum atomic E-state index is -1.83. The van der Waals surface area contributed by atoms with E-state index < -0.39 is 23.6 Å². The highest BCUT2D eigenvalue weighted by Crippen LogP contribution is 2.42. The van der Waals surface area contributed by atoms with E-state index in [0.717, 1.165) is 26.7 Å². The van der Waals surface area contributed by atoms with Crippen LogP contribution in [0.4, 0.5) is 0 Å². The fourth-order valence-corrected chi connectivity index (χ4v) is 6.72. The van der Waals surface area contributed by atoms with E-state index in [1.54, 1.807) is 24.5 Å². The summed E-state index contributed by atoms with van der Waals surface area (Å²) in [6, 6.07) is 19.1. The van der Waals surface area contributed by atoms with Crippen molar-refractivity contribution in [3.05, 3.63) is 92.7 Å². The number of hydrogen-bond acceptors (Lipinski definition) is 9. The SMILES string of the molecule is CCOC(C(=O)OC1(CC)C(=O)OCc2c1cc1n(c2=O)Cc2cc3ccccc3nc2-1)c1nc2ccccc2s1. The van der Waals surface area contributed by atoms with Gasteiger partial charge in [0.15, 0.2) is 0 Å². The Bertz CT molecular complexity index is 1910. The molecule has 7 rings (SSSR count). The van der Waals surface area contributed by atoms with Crippen LogP contribution in [0.5, 0.6) is 0 Å². The molecule has 41 heavy (non-hydrogen) atoms. The topological polar surface area (TPSA) is 110 Å². The summed E-state index contributed by atoms with van der Waals surface area (Å²) in [7, 11) is 0. The van der Waals surface area contributed by atoms with Crippen molar-refractivity contribution in [2.75, 3.05) is 6.61 Å². The molecule has 0 radical (unpaired) electrons. The van der Waals surface area contributed by atoms with Crippen LogP contribution in [0.1, 0.15) is 48.1 Å². The van der Waals surface area contributed by atoms with Gasteiger partial charge in [0, 0.05) is 23.1 Å². The average Bonchev–Trinajstić information content (AvgIpc) is 3.57. The first-order valence-corrected chi connectivity index (χ1v) is 14.3. The average molecular weight is 568 g/mol. The Balaban J connectivity index is 1.34. The van der Waals surface area contributed by atoms with Gasteiger partial charge in [-0.15, -0.1) is 11.3 Å². The van der Waals surface area contributed by atoms with Crippen molar-refractivity contribution in [2.45, 2.75) is 45.1 Å². The van der Waals surface area contributed by atoms with Crippen molar-refractivity contribution in [3.63, 3.8) is 0 Å². The van der Waals surface area contributed by atoms with Gasteiger partial charge in [0.05, 0.1) is 39.2 Å². The number of nitrogens with zero attached hydrogens (tertiary/aromatic N) is 3. The van der Waals surface area contributed by atoms with Gasteiger partial charge in [-0.3, -0.25) is 4.79 Å². The molecule has 0 aliphatic carbocycles. The second kappa shape index (κ2) is 9.60. The Morgan fingerprint density at radius 2 is 1.85 bits per heavy atom. The molecule has 3 aromatic heterocycles. The van der Waals surface area contributed by atoms with E-state index in [1.165, 1.54) is 11.3 Å². The minimum absolute atomic E-state index is 0.0597. The summed E-state index contributed by atoms with van der Waals surface area (Å²) in [5.41, 5.74) is 2.16. The molecule has 0 saturated heterocycles. The van der Waals surface area contributed by atoms with Gasteiger partial charge in [-0.1, -0.05) is 37.3 Å². The number of pyridine rings is 2. The van der Waals surface area contributed by atoms with Crippen molar-refractivity contribution >= 4 is 44.4 Å². The lowest BCUT2D eigenvalue weighted by molar-refractivity contribution is -0.196. The summed E-state index contributed by atoms with van der Waals surface area (Å²) in [6.07, 6.45) is -1.09. The van der Waals surface area contributed by atoms with Crippen LogP contribution in [-0.2, 0) is 42.6 Å². The number of hydrogen-bond donors (Lipinski definition) is 0. The number of aromatic nitrogens is 3. The number of cyclic esters (lactones) is 1. The highest BCUT2D eigenvalue weighted by Gasteiger charge is 2.51. The number of ether oxygens (including phenoxy) is 3. The first-order valence-electron chi connectivity index (χ1n) is 13.5. The maximum absolute atomic E-state index is 13.8. The standard InChI is InChI=1S/C31H25N3O6S/c1-3-31(40-29(36)26(38-4-2)27-33-22-11-7-8-12-24(22)41-27)20-14-23-25-18(13-17-9-5-6-10-21(17)32-25)15-34(23)28(35)19(20)16-39-30(31)37/h5-14,26H,3-4,15-16H2,1-2H3. The van der Waals surface area contributed by atoms with Crippen LogP contribution in [0.25, 0.3) is 32.5 Å².